The molecule has 2 aromatic carbocycles. The minimum absolute atomic E-state index is 0.0384. The summed E-state index contributed by atoms with van der Waals surface area (Å²) in [7, 11) is 7.66. The van der Waals surface area contributed by atoms with Gasteiger partial charge in [-0.05, 0) is 81.1 Å². The standard InChI is InChI=1S/C35H45F6N4/c1-32(2)26-22-24(34(36,37)38)12-14-28(26)44(30(32)16-20-42(5)6)18-10-9-11-19-45-29-15-13-25(35(39,40)41)23-27(29)33(3,4)31(45)17-21-43(7)8/h12-17,20-23,30H,9-11,18-19H2,1-8H3/q+1/p+1/b20-16+. The lowest BCUT2D eigenvalue weighted by molar-refractivity contribution is -0.850. The normalized spacial score (nSPS) is 21.4. The molecule has 2 aromatic rings. The van der Waals surface area contributed by atoms with Crippen molar-refractivity contribution < 1.29 is 35.8 Å². The zero-order valence-electron chi connectivity index (χ0n) is 27.5. The largest absolute Gasteiger partial charge is 0.416 e. The zero-order valence-corrected chi connectivity index (χ0v) is 27.5. The Bertz CT molecular complexity index is 1480. The van der Waals surface area contributed by atoms with E-state index in [0.717, 1.165) is 59.4 Å². The second-order valence-corrected chi connectivity index (χ2v) is 13.8. The van der Waals surface area contributed by atoms with Gasteiger partial charge in [0.1, 0.15) is 25.8 Å². The molecule has 0 fully saturated rings. The summed E-state index contributed by atoms with van der Waals surface area (Å²) >= 11 is 0. The third kappa shape index (κ3) is 7.11. The van der Waals surface area contributed by atoms with Crippen LogP contribution < -0.4 is 9.80 Å². The maximum atomic E-state index is 13.6. The Morgan fingerprint density at radius 2 is 1.47 bits per heavy atom. The number of nitrogens with zero attached hydrogens (tertiary/aromatic N) is 3. The van der Waals surface area contributed by atoms with Crippen molar-refractivity contribution in [2.75, 3.05) is 46.2 Å². The Labute approximate surface area is 263 Å². The van der Waals surface area contributed by atoms with Gasteiger partial charge in [-0.15, -0.1) is 0 Å². The fourth-order valence-corrected chi connectivity index (χ4v) is 6.78. The number of allylic oxidation sites excluding steroid dienone is 2. The van der Waals surface area contributed by atoms with E-state index in [0.29, 0.717) is 12.1 Å². The number of benzene rings is 2. The van der Waals surface area contributed by atoms with E-state index in [2.05, 4.69) is 11.0 Å². The predicted molar refractivity (Wildman–Crippen MR) is 168 cm³/mol. The van der Waals surface area contributed by atoms with Gasteiger partial charge in [-0.3, -0.25) is 4.90 Å². The molecule has 4 nitrogen and oxygen atoms in total. The van der Waals surface area contributed by atoms with Crippen molar-refractivity contribution >= 4 is 17.6 Å². The fourth-order valence-electron chi connectivity index (χ4n) is 6.78. The third-order valence-electron chi connectivity index (χ3n) is 9.19. The minimum atomic E-state index is -4.42. The van der Waals surface area contributed by atoms with Crippen LogP contribution in [0.1, 0.15) is 69.2 Å². The second-order valence-electron chi connectivity index (χ2n) is 13.8. The smallest absolute Gasteiger partial charge is 0.384 e. The first-order valence-corrected chi connectivity index (χ1v) is 15.4. The van der Waals surface area contributed by atoms with Crippen LogP contribution in [-0.2, 0) is 23.2 Å². The van der Waals surface area contributed by atoms with Crippen LogP contribution in [0.15, 0.2) is 60.4 Å². The van der Waals surface area contributed by atoms with Gasteiger partial charge in [0.2, 0.25) is 0 Å². The maximum Gasteiger partial charge on any atom is 0.416 e. The Morgan fingerprint density at radius 1 is 0.867 bits per heavy atom. The molecule has 10 heteroatoms. The summed E-state index contributed by atoms with van der Waals surface area (Å²) in [4.78, 5) is 5.22. The van der Waals surface area contributed by atoms with E-state index >= 15 is 0 Å². The number of anilines is 1. The number of unbranched alkanes of at least 4 members (excludes halogenated alkanes) is 2. The van der Waals surface area contributed by atoms with Gasteiger partial charge in [-0.2, -0.15) is 26.3 Å². The summed E-state index contributed by atoms with van der Waals surface area (Å²) in [6.07, 6.45) is 1.66. The fraction of sp³-hybridized carbons (Fsp3) is 0.514. The van der Waals surface area contributed by atoms with Gasteiger partial charge in [0.15, 0.2) is 6.21 Å². The third-order valence-corrected chi connectivity index (χ3v) is 9.19. The van der Waals surface area contributed by atoms with Gasteiger partial charge < -0.3 is 9.80 Å². The quantitative estimate of drug-likeness (QED) is 0.136. The minimum Gasteiger partial charge on any atom is -0.384 e. The Kier molecular flexibility index (Phi) is 9.61. The van der Waals surface area contributed by atoms with Crippen LogP contribution in [0.2, 0.25) is 0 Å². The first kappa shape index (κ1) is 34.6. The van der Waals surface area contributed by atoms with Crippen LogP contribution in [0, 0.1) is 0 Å². The van der Waals surface area contributed by atoms with Crippen molar-refractivity contribution in [3.63, 3.8) is 0 Å². The molecule has 1 N–H and O–H groups in total. The molecule has 0 saturated heterocycles. The maximum absolute atomic E-state index is 13.6. The van der Waals surface area contributed by atoms with Crippen LogP contribution in [0.3, 0.4) is 0 Å². The van der Waals surface area contributed by atoms with Crippen molar-refractivity contribution in [1.82, 2.24) is 4.90 Å². The number of hydrogen-bond donors (Lipinski definition) is 1. The van der Waals surface area contributed by atoms with E-state index < -0.39 is 34.3 Å². The lowest BCUT2D eigenvalue weighted by Gasteiger charge is -2.28. The molecule has 45 heavy (non-hydrogen) atoms. The van der Waals surface area contributed by atoms with Gasteiger partial charge in [0.25, 0.3) is 0 Å². The molecular weight excluding hydrogens is 590 g/mol. The first-order chi connectivity index (χ1) is 20.8. The number of rotatable bonds is 9. The van der Waals surface area contributed by atoms with Gasteiger partial charge in [-0.1, -0.05) is 13.8 Å². The summed E-state index contributed by atoms with van der Waals surface area (Å²) in [6, 6.07) is 8.11. The SMILES string of the molecule is CN(C)/C=C/C1[NH+](CCCCCN2/C(=C/C=[N+](C)C)C(C)(C)c3cc(C(F)(F)F)ccc32)c2ccc(C(F)(F)F)cc2C1(C)C. The molecule has 0 aromatic heterocycles. The monoisotopic (exact) mass is 636 g/mol. The van der Waals surface area contributed by atoms with Crippen LogP contribution in [-0.4, -0.2) is 63.0 Å². The summed E-state index contributed by atoms with van der Waals surface area (Å²) in [5.74, 6) is 0. The van der Waals surface area contributed by atoms with E-state index in [-0.39, 0.29) is 6.04 Å². The molecule has 0 saturated carbocycles. The van der Waals surface area contributed by atoms with Gasteiger partial charge in [-0.25, -0.2) is 4.58 Å². The molecule has 2 unspecified atom stereocenters. The lowest BCUT2D eigenvalue weighted by atomic mass is 9.80. The second kappa shape index (κ2) is 12.5. The van der Waals surface area contributed by atoms with Crippen molar-refractivity contribution in [3.8, 4) is 0 Å². The molecule has 0 radical (unpaired) electrons. The molecule has 2 aliphatic rings. The Balaban J connectivity index is 1.54. The number of quaternary nitrogens is 1. The molecule has 2 aliphatic heterocycles. The Morgan fingerprint density at radius 3 is 2.04 bits per heavy atom. The predicted octanol–water partition coefficient (Wildman–Crippen LogP) is 7.17. The van der Waals surface area contributed by atoms with E-state index in [1.165, 1.54) is 18.2 Å². The zero-order chi connectivity index (χ0) is 33.5. The molecule has 0 spiro atoms. The number of nitrogens with one attached hydrogen (secondary N) is 1. The summed E-state index contributed by atoms with van der Waals surface area (Å²) in [5.41, 5.74) is 1.64. The van der Waals surface area contributed by atoms with E-state index in [4.69, 9.17) is 0 Å². The number of hydrogen-bond acceptors (Lipinski definition) is 2. The van der Waals surface area contributed by atoms with Crippen molar-refractivity contribution in [2.24, 2.45) is 0 Å². The van der Waals surface area contributed by atoms with Gasteiger partial charge >= 0.3 is 12.4 Å². The molecule has 0 bridgehead atoms. The van der Waals surface area contributed by atoms with Crippen molar-refractivity contribution in [1.29, 1.82) is 0 Å². The highest BCUT2D eigenvalue weighted by Gasteiger charge is 2.49. The van der Waals surface area contributed by atoms with Crippen LogP contribution in [0.4, 0.5) is 37.7 Å². The van der Waals surface area contributed by atoms with E-state index in [1.807, 2.05) is 83.9 Å². The van der Waals surface area contributed by atoms with Crippen molar-refractivity contribution in [3.05, 3.63) is 82.7 Å². The lowest BCUT2D eigenvalue weighted by Crippen LogP contribution is -3.10. The Hall–Kier alpha value is -3.27. The van der Waals surface area contributed by atoms with Crippen LogP contribution in [0.25, 0.3) is 0 Å². The van der Waals surface area contributed by atoms with E-state index in [1.54, 1.807) is 12.1 Å². The summed E-state index contributed by atoms with van der Waals surface area (Å²) in [6.45, 7) is 9.34. The van der Waals surface area contributed by atoms with Gasteiger partial charge in [0.05, 0.1) is 23.1 Å². The number of halogens is 6. The molecule has 246 valence electrons. The van der Waals surface area contributed by atoms with Gasteiger partial charge in [0, 0.05) is 55.3 Å². The summed E-state index contributed by atoms with van der Waals surface area (Å²) < 4.78 is 83.5. The molecule has 2 atom stereocenters. The topological polar surface area (TPSA) is 13.9 Å². The number of fused-ring (bicyclic) bond motifs is 2. The average molecular weight is 637 g/mol. The average Bonchev–Trinajstić information content (AvgIpc) is 3.27. The summed E-state index contributed by atoms with van der Waals surface area (Å²) in [5, 5.41) is 0. The highest BCUT2D eigenvalue weighted by atomic mass is 19.4. The molecule has 0 amide bonds. The van der Waals surface area contributed by atoms with Crippen LogP contribution in [0.5, 0.6) is 0 Å². The molecule has 2 heterocycles. The van der Waals surface area contributed by atoms with E-state index in [9.17, 15) is 26.3 Å². The number of alkyl halides is 6. The molecule has 4 rings (SSSR count). The van der Waals surface area contributed by atoms with Crippen LogP contribution >= 0.6 is 0 Å². The molecule has 0 aliphatic carbocycles. The first-order valence-electron chi connectivity index (χ1n) is 15.4. The highest BCUT2D eigenvalue weighted by Crippen LogP contribution is 2.49. The highest BCUT2D eigenvalue weighted by molar-refractivity contribution is 5.77. The molecular formula is C35H46F6N4+2. The van der Waals surface area contributed by atoms with Crippen molar-refractivity contribution in [2.45, 2.75) is 76.2 Å².